The third-order valence-corrected chi connectivity index (χ3v) is 4.41. The number of carbonyl (C=O) groups is 1. The van der Waals surface area contributed by atoms with Crippen molar-refractivity contribution in [1.82, 2.24) is 15.2 Å². The van der Waals surface area contributed by atoms with Gasteiger partial charge in [-0.3, -0.25) is 9.78 Å². The van der Waals surface area contributed by atoms with Gasteiger partial charge in [0.1, 0.15) is 11.5 Å². The summed E-state index contributed by atoms with van der Waals surface area (Å²) >= 11 is 0. The number of furan rings is 1. The van der Waals surface area contributed by atoms with Gasteiger partial charge in [-0.1, -0.05) is 6.07 Å². The number of rotatable bonds is 6. The number of hydrogen-bond acceptors (Lipinski definition) is 5. The van der Waals surface area contributed by atoms with E-state index < -0.39 is 0 Å². The van der Waals surface area contributed by atoms with Crippen molar-refractivity contribution in [3.05, 3.63) is 53.7 Å². The van der Waals surface area contributed by atoms with Crippen LogP contribution < -0.4 is 5.32 Å². The molecule has 1 amide bonds. The highest BCUT2D eigenvalue weighted by Gasteiger charge is 2.29. The highest BCUT2D eigenvalue weighted by Crippen LogP contribution is 2.21. The number of nitrogens with one attached hydrogen (secondary N) is 1. The monoisotopic (exact) mass is 343 g/mol. The van der Waals surface area contributed by atoms with Crippen molar-refractivity contribution in [3.63, 3.8) is 0 Å². The zero-order chi connectivity index (χ0) is 17.6. The number of hydrogen-bond donors (Lipinski definition) is 1. The van der Waals surface area contributed by atoms with Crippen LogP contribution in [-0.2, 0) is 16.1 Å². The maximum absolute atomic E-state index is 12.7. The fraction of sp³-hybridized carbons (Fsp3) is 0.474. The van der Waals surface area contributed by atoms with Gasteiger partial charge in [0.15, 0.2) is 0 Å². The maximum Gasteiger partial charge on any atom is 0.233 e. The first-order valence-corrected chi connectivity index (χ1v) is 8.71. The van der Waals surface area contributed by atoms with E-state index in [9.17, 15) is 4.79 Å². The van der Waals surface area contributed by atoms with Crippen LogP contribution in [0.25, 0.3) is 0 Å². The van der Waals surface area contributed by atoms with Crippen molar-refractivity contribution in [2.24, 2.45) is 0 Å². The molecule has 3 rings (SSSR count). The normalized spacial score (nSPS) is 19.0. The lowest BCUT2D eigenvalue weighted by molar-refractivity contribution is -0.140. The second kappa shape index (κ2) is 8.27. The summed E-state index contributed by atoms with van der Waals surface area (Å²) in [6, 6.07) is 9.63. The molecule has 0 bridgehead atoms. The van der Waals surface area contributed by atoms with Gasteiger partial charge < -0.3 is 19.4 Å². The highest BCUT2D eigenvalue weighted by molar-refractivity contribution is 5.82. The van der Waals surface area contributed by atoms with Gasteiger partial charge in [0, 0.05) is 32.4 Å². The Bertz CT molecular complexity index is 686. The molecule has 1 N–H and O–H groups in total. The molecule has 1 saturated heterocycles. The fourth-order valence-corrected chi connectivity index (χ4v) is 2.99. The lowest BCUT2D eigenvalue weighted by atomic mass is 10.1. The van der Waals surface area contributed by atoms with Crippen LogP contribution in [0, 0.1) is 6.92 Å². The van der Waals surface area contributed by atoms with Crippen molar-refractivity contribution >= 4 is 5.91 Å². The molecule has 2 aromatic heterocycles. The van der Waals surface area contributed by atoms with Crippen molar-refractivity contribution < 1.29 is 13.9 Å². The molecule has 1 aliphatic rings. The summed E-state index contributed by atoms with van der Waals surface area (Å²) in [5, 5.41) is 3.35. The lowest BCUT2D eigenvalue weighted by Crippen LogP contribution is -2.49. The van der Waals surface area contributed by atoms with E-state index in [4.69, 9.17) is 9.15 Å². The Balaban J connectivity index is 1.49. The quantitative estimate of drug-likeness (QED) is 0.870. The molecule has 6 heteroatoms. The second-order valence-electron chi connectivity index (χ2n) is 6.40. The summed E-state index contributed by atoms with van der Waals surface area (Å²) in [6.45, 7) is 6.94. The molecule has 1 fully saturated rings. The minimum atomic E-state index is -0.270. The Kier molecular flexibility index (Phi) is 5.83. The lowest BCUT2D eigenvalue weighted by Gasteiger charge is -2.34. The van der Waals surface area contributed by atoms with Gasteiger partial charge in [0.2, 0.25) is 5.91 Å². The highest BCUT2D eigenvalue weighted by atomic mass is 16.5. The summed E-state index contributed by atoms with van der Waals surface area (Å²) in [7, 11) is 0. The molecule has 3 heterocycles. The first-order valence-electron chi connectivity index (χ1n) is 8.71. The van der Waals surface area contributed by atoms with Crippen LogP contribution in [0.5, 0.6) is 0 Å². The predicted octanol–water partition coefficient (Wildman–Crippen LogP) is 2.10. The molecular formula is C19H25N3O3. The summed E-state index contributed by atoms with van der Waals surface area (Å²) < 4.78 is 11.4. The van der Waals surface area contributed by atoms with Crippen LogP contribution in [0.4, 0.5) is 0 Å². The number of carbonyl (C=O) groups excluding carboxylic acids is 1. The molecule has 2 atom stereocenters. The van der Waals surface area contributed by atoms with Crippen molar-refractivity contribution in [2.75, 3.05) is 26.2 Å². The molecule has 1 aliphatic heterocycles. The van der Waals surface area contributed by atoms with Gasteiger partial charge in [0.05, 0.1) is 24.3 Å². The Hall–Kier alpha value is -2.18. The first-order chi connectivity index (χ1) is 12.1. The Morgan fingerprint density at radius 1 is 1.40 bits per heavy atom. The molecule has 0 spiro atoms. The first kappa shape index (κ1) is 17.6. The van der Waals surface area contributed by atoms with E-state index in [0.29, 0.717) is 32.8 Å². The van der Waals surface area contributed by atoms with Crippen LogP contribution in [-0.4, -0.2) is 48.1 Å². The number of aromatic nitrogens is 1. The molecule has 0 aromatic carbocycles. The molecule has 134 valence electrons. The second-order valence-corrected chi connectivity index (χ2v) is 6.40. The number of aryl methyl sites for hydroxylation is 1. The smallest absolute Gasteiger partial charge is 0.233 e. The molecule has 2 unspecified atom stereocenters. The molecule has 25 heavy (non-hydrogen) atoms. The Morgan fingerprint density at radius 2 is 2.28 bits per heavy atom. The Labute approximate surface area is 148 Å². The van der Waals surface area contributed by atoms with E-state index in [1.54, 1.807) is 6.20 Å². The summed E-state index contributed by atoms with van der Waals surface area (Å²) in [5.74, 6) is 1.37. The van der Waals surface area contributed by atoms with Crippen LogP contribution in [0.2, 0.25) is 0 Å². The standard InChI is InChI=1S/C19H25N3O3/c1-14-6-7-18(25-14)15(2)19(23)22-9-10-24-17(13-22)12-20-11-16-5-3-4-8-21-16/h3-8,15,17,20H,9-13H2,1-2H3. The summed E-state index contributed by atoms with van der Waals surface area (Å²) in [4.78, 5) is 18.9. The number of pyridine rings is 1. The van der Waals surface area contributed by atoms with E-state index in [0.717, 1.165) is 17.2 Å². The average Bonchev–Trinajstić information content (AvgIpc) is 3.08. The van der Waals surface area contributed by atoms with E-state index in [2.05, 4.69) is 10.3 Å². The van der Waals surface area contributed by atoms with Crippen LogP contribution in [0.15, 0.2) is 40.9 Å². The van der Waals surface area contributed by atoms with Crippen molar-refractivity contribution in [2.45, 2.75) is 32.4 Å². The third-order valence-electron chi connectivity index (χ3n) is 4.41. The molecule has 2 aromatic rings. The molecular weight excluding hydrogens is 318 g/mol. The molecule has 0 aliphatic carbocycles. The van der Waals surface area contributed by atoms with Gasteiger partial charge in [-0.2, -0.15) is 0 Å². The van der Waals surface area contributed by atoms with Gasteiger partial charge in [-0.25, -0.2) is 0 Å². The number of ether oxygens (including phenoxy) is 1. The number of morpholine rings is 1. The largest absolute Gasteiger partial charge is 0.466 e. The number of nitrogens with zero attached hydrogens (tertiary/aromatic N) is 2. The van der Waals surface area contributed by atoms with Gasteiger partial charge in [-0.05, 0) is 38.1 Å². The van der Waals surface area contributed by atoms with E-state index in [1.807, 2.05) is 49.1 Å². The summed E-state index contributed by atoms with van der Waals surface area (Å²) in [6.07, 6.45) is 1.78. The fourth-order valence-electron chi connectivity index (χ4n) is 2.99. The minimum absolute atomic E-state index is 0.00745. The van der Waals surface area contributed by atoms with Gasteiger partial charge >= 0.3 is 0 Å². The zero-order valence-corrected chi connectivity index (χ0v) is 14.8. The Morgan fingerprint density at radius 3 is 3.00 bits per heavy atom. The van der Waals surface area contributed by atoms with E-state index in [1.165, 1.54) is 0 Å². The molecule has 6 nitrogen and oxygen atoms in total. The number of amides is 1. The van der Waals surface area contributed by atoms with Crippen molar-refractivity contribution in [3.8, 4) is 0 Å². The maximum atomic E-state index is 12.7. The van der Waals surface area contributed by atoms with E-state index in [-0.39, 0.29) is 17.9 Å². The predicted molar refractivity (Wildman–Crippen MR) is 94.1 cm³/mol. The third kappa shape index (κ3) is 4.67. The van der Waals surface area contributed by atoms with Crippen LogP contribution in [0.3, 0.4) is 0 Å². The van der Waals surface area contributed by atoms with Gasteiger partial charge in [-0.15, -0.1) is 0 Å². The minimum Gasteiger partial charge on any atom is -0.466 e. The zero-order valence-electron chi connectivity index (χ0n) is 14.8. The topological polar surface area (TPSA) is 67.6 Å². The van der Waals surface area contributed by atoms with Crippen molar-refractivity contribution in [1.29, 1.82) is 0 Å². The molecule has 0 radical (unpaired) electrons. The SMILES string of the molecule is Cc1ccc(C(C)C(=O)N2CCOC(CNCc3ccccn3)C2)o1. The van der Waals surface area contributed by atoms with Gasteiger partial charge in [0.25, 0.3) is 0 Å². The van der Waals surface area contributed by atoms with Crippen LogP contribution >= 0.6 is 0 Å². The molecule has 0 saturated carbocycles. The van der Waals surface area contributed by atoms with Crippen LogP contribution in [0.1, 0.15) is 30.1 Å². The summed E-state index contributed by atoms with van der Waals surface area (Å²) in [5.41, 5.74) is 0.994. The average molecular weight is 343 g/mol. The van der Waals surface area contributed by atoms with E-state index >= 15 is 0 Å².